The van der Waals surface area contributed by atoms with E-state index in [9.17, 15) is 4.79 Å². The molecule has 0 aliphatic heterocycles. The van der Waals surface area contributed by atoms with E-state index in [2.05, 4.69) is 15.3 Å². The molecule has 6 nitrogen and oxygen atoms in total. The molecular formula is C19H19Cl2N3O3. The van der Waals surface area contributed by atoms with Crippen molar-refractivity contribution in [3.8, 4) is 11.5 Å². The van der Waals surface area contributed by atoms with Crippen LogP contribution in [0.15, 0.2) is 35.4 Å². The molecular weight excluding hydrogens is 389 g/mol. The predicted octanol–water partition coefficient (Wildman–Crippen LogP) is 5.02. The number of nitrogens with one attached hydrogen (secondary N) is 2. The van der Waals surface area contributed by atoms with E-state index < -0.39 is 0 Å². The molecule has 3 rings (SSSR count). The number of nitrogens with zero attached hydrogens (tertiary/aromatic N) is 1. The summed E-state index contributed by atoms with van der Waals surface area (Å²) in [6.07, 6.45) is 2.96. The van der Waals surface area contributed by atoms with E-state index in [1.165, 1.54) is 18.5 Å². The topological polar surface area (TPSA) is 76.2 Å². The minimum Gasteiger partial charge on any atom is -0.493 e. The molecule has 2 aromatic heterocycles. The number of hydrogen-bond acceptors (Lipinski definition) is 5. The fourth-order valence-corrected chi connectivity index (χ4v) is 3.06. The van der Waals surface area contributed by atoms with Gasteiger partial charge in [0.15, 0.2) is 11.5 Å². The Morgan fingerprint density at radius 3 is 2.56 bits per heavy atom. The van der Waals surface area contributed by atoms with Crippen molar-refractivity contribution in [3.05, 3.63) is 51.0 Å². The summed E-state index contributed by atoms with van der Waals surface area (Å²) < 4.78 is 11.3. The molecule has 2 N–H and O–H groups in total. The van der Waals surface area contributed by atoms with Gasteiger partial charge >= 0.3 is 0 Å². The van der Waals surface area contributed by atoms with Crippen LogP contribution in [0.1, 0.15) is 13.8 Å². The monoisotopic (exact) mass is 407 g/mol. The van der Waals surface area contributed by atoms with E-state index in [-0.39, 0.29) is 5.56 Å². The molecule has 142 valence electrons. The Kier molecular flexibility index (Phi) is 5.77. The van der Waals surface area contributed by atoms with Gasteiger partial charge in [0.05, 0.1) is 40.7 Å². The van der Waals surface area contributed by atoms with Gasteiger partial charge in [-0.2, -0.15) is 0 Å². The Morgan fingerprint density at radius 1 is 1.22 bits per heavy atom. The first-order valence-electron chi connectivity index (χ1n) is 8.33. The van der Waals surface area contributed by atoms with Crippen molar-refractivity contribution >= 4 is 45.5 Å². The number of H-pyrrole nitrogens is 1. The van der Waals surface area contributed by atoms with Crippen LogP contribution in [-0.2, 0) is 0 Å². The Balaban J connectivity index is 2.17. The summed E-state index contributed by atoms with van der Waals surface area (Å²) in [5.41, 5.74) is 1.25. The molecule has 8 heteroatoms. The third kappa shape index (κ3) is 4.12. The van der Waals surface area contributed by atoms with E-state index in [1.54, 1.807) is 13.2 Å². The molecule has 0 radical (unpaired) electrons. The number of pyridine rings is 2. The minimum absolute atomic E-state index is 0.297. The summed E-state index contributed by atoms with van der Waals surface area (Å²) in [4.78, 5) is 19.1. The minimum atomic E-state index is -0.297. The van der Waals surface area contributed by atoms with Crippen LogP contribution in [-0.4, -0.2) is 23.7 Å². The molecule has 0 unspecified atom stereocenters. The Labute approximate surface area is 166 Å². The van der Waals surface area contributed by atoms with Gasteiger partial charge in [-0.1, -0.05) is 37.0 Å². The standard InChI is InChI=1S/C19H19Cl2N3O3/c1-10(2)9-27-19-15(26-3)5-4-11-14(6-16(25)24-17(11)19)23-18-12(20)7-22-8-13(18)21/h4-8,10H,9H2,1-3H3,(H2,22,23,24,25). The zero-order chi connectivity index (χ0) is 19.6. The van der Waals surface area contributed by atoms with Crippen molar-refractivity contribution in [1.29, 1.82) is 0 Å². The Morgan fingerprint density at radius 2 is 1.93 bits per heavy atom. The van der Waals surface area contributed by atoms with Crippen molar-refractivity contribution in [2.24, 2.45) is 5.92 Å². The summed E-state index contributed by atoms with van der Waals surface area (Å²) in [6, 6.07) is 5.06. The van der Waals surface area contributed by atoms with E-state index in [4.69, 9.17) is 32.7 Å². The van der Waals surface area contributed by atoms with Gasteiger partial charge in [0, 0.05) is 23.8 Å². The van der Waals surface area contributed by atoms with Gasteiger partial charge in [-0.15, -0.1) is 0 Å². The summed E-state index contributed by atoms with van der Waals surface area (Å²) in [6.45, 7) is 4.57. The molecule has 0 amide bonds. The van der Waals surface area contributed by atoms with Crippen LogP contribution in [0.2, 0.25) is 10.0 Å². The van der Waals surface area contributed by atoms with Crippen LogP contribution in [0.3, 0.4) is 0 Å². The van der Waals surface area contributed by atoms with E-state index in [0.29, 0.717) is 51.0 Å². The maximum Gasteiger partial charge on any atom is 0.250 e. The predicted molar refractivity (Wildman–Crippen MR) is 109 cm³/mol. The van der Waals surface area contributed by atoms with Crippen molar-refractivity contribution in [1.82, 2.24) is 9.97 Å². The third-order valence-corrected chi connectivity index (χ3v) is 4.40. The number of aromatic amines is 1. The number of hydrogen-bond donors (Lipinski definition) is 2. The van der Waals surface area contributed by atoms with Crippen LogP contribution in [0.5, 0.6) is 11.5 Å². The highest BCUT2D eigenvalue weighted by atomic mass is 35.5. The lowest BCUT2D eigenvalue weighted by atomic mass is 10.1. The molecule has 0 saturated heterocycles. The highest BCUT2D eigenvalue weighted by molar-refractivity contribution is 6.39. The van der Waals surface area contributed by atoms with Gasteiger partial charge in [-0.3, -0.25) is 9.78 Å². The van der Waals surface area contributed by atoms with Crippen molar-refractivity contribution in [2.45, 2.75) is 13.8 Å². The molecule has 2 heterocycles. The maximum absolute atomic E-state index is 12.3. The fourth-order valence-electron chi connectivity index (χ4n) is 2.60. The first-order valence-corrected chi connectivity index (χ1v) is 9.09. The lowest BCUT2D eigenvalue weighted by Crippen LogP contribution is -2.10. The SMILES string of the molecule is COc1ccc2c(Nc3c(Cl)cncc3Cl)cc(=O)[nH]c2c1OCC(C)C. The number of halogens is 2. The van der Waals surface area contributed by atoms with Crippen LogP contribution in [0, 0.1) is 5.92 Å². The number of methoxy groups -OCH3 is 1. The zero-order valence-corrected chi connectivity index (χ0v) is 16.6. The van der Waals surface area contributed by atoms with Crippen LogP contribution in [0.4, 0.5) is 11.4 Å². The molecule has 3 aromatic rings. The first kappa shape index (κ1) is 19.3. The van der Waals surface area contributed by atoms with E-state index in [0.717, 1.165) is 5.39 Å². The summed E-state index contributed by atoms with van der Waals surface area (Å²) in [5.74, 6) is 1.33. The second-order valence-corrected chi connectivity index (χ2v) is 7.19. The lowest BCUT2D eigenvalue weighted by Gasteiger charge is -2.17. The zero-order valence-electron chi connectivity index (χ0n) is 15.1. The van der Waals surface area contributed by atoms with E-state index >= 15 is 0 Å². The molecule has 1 aromatic carbocycles. The summed E-state index contributed by atoms with van der Waals surface area (Å²) >= 11 is 12.4. The first-order chi connectivity index (χ1) is 12.9. The van der Waals surface area contributed by atoms with Gasteiger partial charge in [0.2, 0.25) is 0 Å². The number of ether oxygens (including phenoxy) is 2. The molecule has 27 heavy (non-hydrogen) atoms. The second-order valence-electron chi connectivity index (χ2n) is 6.37. The highest BCUT2D eigenvalue weighted by Gasteiger charge is 2.16. The van der Waals surface area contributed by atoms with E-state index in [1.807, 2.05) is 19.9 Å². The molecule has 0 bridgehead atoms. The van der Waals surface area contributed by atoms with Gasteiger partial charge in [0.1, 0.15) is 0 Å². The third-order valence-electron chi connectivity index (χ3n) is 3.83. The quantitative estimate of drug-likeness (QED) is 0.599. The van der Waals surface area contributed by atoms with Gasteiger partial charge in [0.25, 0.3) is 5.56 Å². The lowest BCUT2D eigenvalue weighted by molar-refractivity contribution is 0.259. The second kappa shape index (κ2) is 8.06. The maximum atomic E-state index is 12.3. The van der Waals surface area contributed by atoms with Gasteiger partial charge in [-0.25, -0.2) is 0 Å². The van der Waals surface area contributed by atoms with Gasteiger partial charge < -0.3 is 19.8 Å². The number of fused-ring (bicyclic) bond motifs is 1. The normalized spacial score (nSPS) is 11.0. The molecule has 0 atom stereocenters. The number of aromatic nitrogens is 2. The average molecular weight is 408 g/mol. The smallest absolute Gasteiger partial charge is 0.250 e. The molecule has 0 aliphatic carbocycles. The highest BCUT2D eigenvalue weighted by Crippen LogP contribution is 2.39. The molecule has 0 saturated carbocycles. The van der Waals surface area contributed by atoms with Crippen LogP contribution in [0.25, 0.3) is 10.9 Å². The fraction of sp³-hybridized carbons (Fsp3) is 0.263. The summed E-state index contributed by atoms with van der Waals surface area (Å²) in [5, 5.41) is 4.56. The van der Waals surface area contributed by atoms with Gasteiger partial charge in [-0.05, 0) is 18.1 Å². The molecule has 0 fully saturated rings. The number of benzene rings is 1. The Hall–Kier alpha value is -2.44. The number of anilines is 2. The molecule has 0 spiro atoms. The van der Waals surface area contributed by atoms with Crippen LogP contribution >= 0.6 is 23.2 Å². The van der Waals surface area contributed by atoms with Crippen LogP contribution < -0.4 is 20.3 Å². The average Bonchev–Trinajstić information content (AvgIpc) is 2.62. The Bertz CT molecular complexity index is 1010. The van der Waals surface area contributed by atoms with Crippen molar-refractivity contribution in [3.63, 3.8) is 0 Å². The van der Waals surface area contributed by atoms with Crippen molar-refractivity contribution in [2.75, 3.05) is 19.0 Å². The largest absolute Gasteiger partial charge is 0.493 e. The molecule has 0 aliphatic rings. The summed E-state index contributed by atoms with van der Waals surface area (Å²) in [7, 11) is 1.56. The van der Waals surface area contributed by atoms with Crippen molar-refractivity contribution < 1.29 is 9.47 Å². The number of rotatable bonds is 6.